The van der Waals surface area contributed by atoms with Crippen LogP contribution in [0.4, 0.5) is 0 Å². The lowest BCUT2D eigenvalue weighted by atomic mass is 9.84. The highest BCUT2D eigenvalue weighted by Gasteiger charge is 2.43. The lowest BCUT2D eigenvalue weighted by Crippen LogP contribution is -2.40. The van der Waals surface area contributed by atoms with E-state index >= 15 is 0 Å². The van der Waals surface area contributed by atoms with E-state index in [4.69, 9.17) is 23.7 Å². The number of methoxy groups -OCH3 is 1. The molecule has 8 nitrogen and oxygen atoms in total. The second kappa shape index (κ2) is 14.2. The molecule has 1 N–H and O–H groups in total. The van der Waals surface area contributed by atoms with Crippen LogP contribution in [0.15, 0.2) is 48.5 Å². The molecule has 0 bridgehead atoms. The van der Waals surface area contributed by atoms with Crippen LogP contribution in [0.5, 0.6) is 11.5 Å². The average Bonchev–Trinajstić information content (AvgIpc) is 2.83. The van der Waals surface area contributed by atoms with E-state index in [2.05, 4.69) is 0 Å². The minimum atomic E-state index is -1.53. The minimum Gasteiger partial charge on any atom is -0.493 e. The van der Waals surface area contributed by atoms with Crippen LogP contribution in [0.2, 0.25) is 0 Å². The van der Waals surface area contributed by atoms with Crippen molar-refractivity contribution < 1.29 is 38.4 Å². The van der Waals surface area contributed by atoms with Crippen molar-refractivity contribution in [3.63, 3.8) is 0 Å². The number of carboxylic acid groups (broad SMARTS) is 1. The quantitative estimate of drug-likeness (QED) is 0.234. The molecule has 0 radical (unpaired) electrons. The van der Waals surface area contributed by atoms with Crippen LogP contribution >= 0.6 is 0 Å². The highest BCUT2D eigenvalue weighted by molar-refractivity contribution is 5.95. The molecule has 2 rings (SSSR count). The second-order valence-corrected chi connectivity index (χ2v) is 7.37. The normalized spacial score (nSPS) is 12.7. The molecule has 0 aromatic heterocycles. The summed E-state index contributed by atoms with van der Waals surface area (Å²) in [5.41, 5.74) is 1.62. The Morgan fingerprint density at radius 1 is 0.912 bits per heavy atom. The zero-order chi connectivity index (χ0) is 24.9. The molecule has 34 heavy (non-hydrogen) atoms. The van der Waals surface area contributed by atoms with Gasteiger partial charge in [-0.3, -0.25) is 9.59 Å². The topological polar surface area (TPSA) is 101 Å². The van der Waals surface area contributed by atoms with E-state index in [1.165, 1.54) is 7.11 Å². The summed E-state index contributed by atoms with van der Waals surface area (Å²) in [7, 11) is 1.53. The number of benzene rings is 2. The molecule has 2 aromatic rings. The van der Waals surface area contributed by atoms with Gasteiger partial charge in [0.15, 0.2) is 23.7 Å². The molecular weight excluding hydrogens is 440 g/mol. The van der Waals surface area contributed by atoms with Gasteiger partial charge in [0.2, 0.25) is 0 Å². The second-order valence-electron chi connectivity index (χ2n) is 7.37. The Kier molecular flexibility index (Phi) is 11.4. The van der Waals surface area contributed by atoms with Gasteiger partial charge in [0.1, 0.15) is 0 Å². The third-order valence-corrected chi connectivity index (χ3v) is 5.18. The van der Waals surface area contributed by atoms with Crippen LogP contribution in [0, 0.1) is 5.92 Å². The molecule has 0 spiro atoms. The lowest BCUT2D eigenvalue weighted by molar-refractivity contribution is -0.181. The van der Waals surface area contributed by atoms with Crippen LogP contribution in [-0.2, 0) is 30.2 Å². The zero-order valence-electron chi connectivity index (χ0n) is 20.2. The van der Waals surface area contributed by atoms with Gasteiger partial charge in [0, 0.05) is 19.6 Å². The van der Waals surface area contributed by atoms with E-state index in [-0.39, 0.29) is 19.8 Å². The summed E-state index contributed by atoms with van der Waals surface area (Å²) in [6.07, 6.45) is -0.301. The number of carbonyl (C=O) groups is 2. The Morgan fingerprint density at radius 2 is 1.59 bits per heavy atom. The Balaban J connectivity index is 2.43. The summed E-state index contributed by atoms with van der Waals surface area (Å²) in [5, 5.41) is 9.96. The first-order chi connectivity index (χ1) is 16.5. The van der Waals surface area contributed by atoms with Crippen LogP contribution in [0.3, 0.4) is 0 Å². The first kappa shape index (κ1) is 27.1. The van der Waals surface area contributed by atoms with Crippen molar-refractivity contribution in [3.05, 3.63) is 59.7 Å². The summed E-state index contributed by atoms with van der Waals surface area (Å²) in [5.74, 6) is -3.77. The Hall–Kier alpha value is -3.10. The average molecular weight is 475 g/mol. The smallest absolute Gasteiger partial charge is 0.321 e. The van der Waals surface area contributed by atoms with Crippen molar-refractivity contribution in [1.29, 1.82) is 0 Å². The molecular formula is C26H34O8. The number of esters is 1. The summed E-state index contributed by atoms with van der Waals surface area (Å²) < 4.78 is 28.0. The van der Waals surface area contributed by atoms with Gasteiger partial charge >= 0.3 is 11.9 Å². The van der Waals surface area contributed by atoms with Crippen molar-refractivity contribution in [1.82, 2.24) is 0 Å². The molecule has 2 unspecified atom stereocenters. The fourth-order valence-electron chi connectivity index (χ4n) is 3.66. The van der Waals surface area contributed by atoms with Crippen molar-refractivity contribution in [2.45, 2.75) is 39.4 Å². The molecule has 0 amide bonds. The van der Waals surface area contributed by atoms with Gasteiger partial charge in [0.05, 0.1) is 26.2 Å². The molecule has 0 fully saturated rings. The summed E-state index contributed by atoms with van der Waals surface area (Å²) in [6, 6.07) is 14.9. The maximum atomic E-state index is 12.7. The van der Waals surface area contributed by atoms with E-state index in [1.807, 2.05) is 30.3 Å². The number of rotatable bonds is 15. The fourth-order valence-corrected chi connectivity index (χ4v) is 3.66. The van der Waals surface area contributed by atoms with Crippen LogP contribution in [-0.4, -0.2) is 56.9 Å². The number of hydrogen-bond acceptors (Lipinski definition) is 7. The van der Waals surface area contributed by atoms with E-state index in [0.29, 0.717) is 30.1 Å². The molecule has 0 saturated heterocycles. The molecule has 2 atom stereocenters. The predicted molar refractivity (Wildman–Crippen MR) is 126 cm³/mol. The number of aliphatic carboxylic acids is 1. The van der Waals surface area contributed by atoms with Gasteiger partial charge in [-0.15, -0.1) is 0 Å². The molecule has 186 valence electrons. The van der Waals surface area contributed by atoms with E-state index in [0.717, 1.165) is 5.56 Å². The Morgan fingerprint density at radius 3 is 2.15 bits per heavy atom. The van der Waals surface area contributed by atoms with Crippen LogP contribution in [0.1, 0.15) is 37.8 Å². The summed E-state index contributed by atoms with van der Waals surface area (Å²) >= 11 is 0. The molecule has 8 heteroatoms. The van der Waals surface area contributed by atoms with Gasteiger partial charge in [-0.25, -0.2) is 0 Å². The number of hydrogen-bond donors (Lipinski definition) is 1. The third kappa shape index (κ3) is 7.46. The molecule has 0 aliphatic rings. The highest BCUT2D eigenvalue weighted by atomic mass is 16.7. The van der Waals surface area contributed by atoms with Crippen molar-refractivity contribution in [2.24, 2.45) is 5.92 Å². The molecule has 0 heterocycles. The lowest BCUT2D eigenvalue weighted by Gasteiger charge is -2.30. The van der Waals surface area contributed by atoms with Crippen LogP contribution in [0.25, 0.3) is 0 Å². The standard InChI is InChI=1S/C26H34O8/c1-5-31-25(29)23(24(27)28)22(26(32-6-2)33-7-3)19-13-14-20(30-4)21(17-19)34-16-15-18-11-9-8-10-12-18/h8-14,17,22-23,26H,5-7,15-16H2,1-4H3,(H,27,28). The van der Waals surface area contributed by atoms with E-state index in [1.54, 1.807) is 39.0 Å². The highest BCUT2D eigenvalue weighted by Crippen LogP contribution is 2.37. The minimum absolute atomic E-state index is 0.0553. The molecule has 0 aliphatic heterocycles. The van der Waals surface area contributed by atoms with Gasteiger partial charge < -0.3 is 28.8 Å². The summed E-state index contributed by atoms with van der Waals surface area (Å²) in [4.78, 5) is 24.9. The van der Waals surface area contributed by atoms with Crippen LogP contribution < -0.4 is 9.47 Å². The Bertz CT molecular complexity index is 893. The van der Waals surface area contributed by atoms with Gasteiger partial charge in [-0.2, -0.15) is 0 Å². The van der Waals surface area contributed by atoms with E-state index in [9.17, 15) is 14.7 Å². The van der Waals surface area contributed by atoms with Crippen molar-refractivity contribution >= 4 is 11.9 Å². The Labute approximate surface area is 200 Å². The zero-order valence-corrected chi connectivity index (χ0v) is 20.2. The van der Waals surface area contributed by atoms with Gasteiger partial charge in [-0.1, -0.05) is 36.4 Å². The summed E-state index contributed by atoms with van der Waals surface area (Å²) in [6.45, 7) is 6.15. The maximum absolute atomic E-state index is 12.7. The third-order valence-electron chi connectivity index (χ3n) is 5.18. The number of carboxylic acids is 1. The monoisotopic (exact) mass is 474 g/mol. The van der Waals surface area contributed by atoms with E-state index < -0.39 is 30.1 Å². The SMILES string of the molecule is CCOC(=O)C(C(=O)O)C(c1ccc(OC)c(OCCc2ccccc2)c1)C(OCC)OCC. The predicted octanol–water partition coefficient (Wildman–Crippen LogP) is 4.06. The number of carbonyl (C=O) groups excluding carboxylic acids is 1. The fraction of sp³-hybridized carbons (Fsp3) is 0.462. The first-order valence-corrected chi connectivity index (χ1v) is 11.4. The maximum Gasteiger partial charge on any atom is 0.321 e. The van der Waals surface area contributed by atoms with Crippen molar-refractivity contribution in [3.8, 4) is 11.5 Å². The molecule has 0 aliphatic carbocycles. The van der Waals surface area contributed by atoms with Gasteiger partial charge in [-0.05, 0) is 44.0 Å². The number of ether oxygens (including phenoxy) is 5. The first-order valence-electron chi connectivity index (χ1n) is 11.4. The largest absolute Gasteiger partial charge is 0.493 e. The molecule has 2 aromatic carbocycles. The molecule has 0 saturated carbocycles. The van der Waals surface area contributed by atoms with Crippen molar-refractivity contribution in [2.75, 3.05) is 33.5 Å². The van der Waals surface area contributed by atoms with Gasteiger partial charge in [0.25, 0.3) is 0 Å².